The number of benzene rings is 1. The molecule has 1 N–H and O–H groups in total. The molecule has 3 rings (SSSR count). The van der Waals surface area contributed by atoms with E-state index in [1.54, 1.807) is 0 Å². The fraction of sp³-hybridized carbons (Fsp3) is 0.750. The smallest absolute Gasteiger partial charge is 0.115 e. The Hall–Kier alpha value is -0.980. The van der Waals surface area contributed by atoms with Gasteiger partial charge in [0.25, 0.3) is 0 Å². The topological polar surface area (TPSA) is 20.2 Å². The first kappa shape index (κ1) is 18.8. The molecule has 0 amide bonds. The normalized spacial score (nSPS) is 30.3. The van der Waals surface area contributed by atoms with Crippen molar-refractivity contribution in [3.63, 3.8) is 0 Å². The predicted molar refractivity (Wildman–Crippen MR) is 107 cm³/mol. The summed E-state index contributed by atoms with van der Waals surface area (Å²) >= 11 is 0. The highest BCUT2D eigenvalue weighted by atomic mass is 16.3. The average Bonchev–Trinajstić information content (AvgIpc) is 2.67. The van der Waals surface area contributed by atoms with Gasteiger partial charge in [-0.25, -0.2) is 0 Å². The summed E-state index contributed by atoms with van der Waals surface area (Å²) in [5, 5.41) is 9.47. The number of hydrogen-bond acceptors (Lipinski definition) is 1. The van der Waals surface area contributed by atoms with Crippen LogP contribution in [0.1, 0.15) is 102 Å². The molecule has 0 unspecified atom stereocenters. The molecule has 2 fully saturated rings. The van der Waals surface area contributed by atoms with Crippen molar-refractivity contribution >= 4 is 0 Å². The third-order valence-electron chi connectivity index (χ3n) is 7.16. The van der Waals surface area contributed by atoms with Crippen molar-refractivity contribution in [3.8, 4) is 5.75 Å². The number of phenolic OH excluding ortho intramolecular Hbond substituents is 1. The second-order valence-corrected chi connectivity index (χ2v) is 8.83. The van der Waals surface area contributed by atoms with E-state index in [-0.39, 0.29) is 0 Å². The van der Waals surface area contributed by atoms with Gasteiger partial charge in [-0.2, -0.15) is 0 Å². The lowest BCUT2D eigenvalue weighted by molar-refractivity contribution is 0.155. The molecule has 0 spiro atoms. The van der Waals surface area contributed by atoms with Crippen LogP contribution in [0, 0.1) is 17.8 Å². The third-order valence-corrected chi connectivity index (χ3v) is 7.16. The molecule has 0 atom stereocenters. The van der Waals surface area contributed by atoms with Gasteiger partial charge in [-0.05, 0) is 79.9 Å². The Morgan fingerprint density at radius 1 is 0.760 bits per heavy atom. The lowest BCUT2D eigenvalue weighted by Crippen LogP contribution is -2.25. The first-order valence-electron chi connectivity index (χ1n) is 11.0. The van der Waals surface area contributed by atoms with E-state index in [1.165, 1.54) is 89.0 Å². The minimum Gasteiger partial charge on any atom is -0.508 e. The Labute approximate surface area is 155 Å². The molecule has 2 aliphatic rings. The monoisotopic (exact) mass is 342 g/mol. The van der Waals surface area contributed by atoms with Gasteiger partial charge in [0.05, 0.1) is 0 Å². The Balaban J connectivity index is 1.37. The first-order chi connectivity index (χ1) is 12.3. The Kier molecular flexibility index (Phi) is 7.25. The highest BCUT2D eigenvalue weighted by Crippen LogP contribution is 2.44. The zero-order valence-electron chi connectivity index (χ0n) is 16.3. The van der Waals surface area contributed by atoms with Gasteiger partial charge in [0, 0.05) is 0 Å². The van der Waals surface area contributed by atoms with E-state index >= 15 is 0 Å². The second-order valence-electron chi connectivity index (χ2n) is 8.83. The first-order valence-corrected chi connectivity index (χ1v) is 11.0. The quantitative estimate of drug-likeness (QED) is 0.510. The number of aromatic hydroxyl groups is 1. The molecule has 0 heterocycles. The Morgan fingerprint density at radius 2 is 1.36 bits per heavy atom. The standard InChI is InChI=1S/C24H38O/c1-2-3-4-5-6-19-7-9-20(10-8-19)21-11-13-22(14-12-21)23-15-17-24(25)18-16-23/h15-22,25H,2-14H2,1H3/t19-,20-,21-,22-. The van der Waals surface area contributed by atoms with E-state index in [0.29, 0.717) is 5.75 Å². The number of unbranched alkanes of at least 4 members (excludes halogenated alkanes) is 3. The molecule has 0 aliphatic heterocycles. The SMILES string of the molecule is CCCCCC[C@H]1CC[C@H]([C@H]2CC[C@H](c3ccc(O)cc3)CC2)CC1. The summed E-state index contributed by atoms with van der Waals surface area (Å²) in [6.45, 7) is 2.31. The van der Waals surface area contributed by atoms with Crippen molar-refractivity contribution in [2.75, 3.05) is 0 Å². The van der Waals surface area contributed by atoms with Crippen molar-refractivity contribution < 1.29 is 5.11 Å². The molecule has 1 nitrogen and oxygen atoms in total. The highest BCUT2D eigenvalue weighted by molar-refractivity contribution is 5.28. The molecule has 1 heteroatoms. The van der Waals surface area contributed by atoms with Crippen molar-refractivity contribution in [2.45, 2.75) is 96.3 Å². The van der Waals surface area contributed by atoms with Gasteiger partial charge in [-0.3, -0.25) is 0 Å². The van der Waals surface area contributed by atoms with Gasteiger partial charge in [-0.15, -0.1) is 0 Å². The summed E-state index contributed by atoms with van der Waals surface area (Å²) in [5.74, 6) is 4.18. The van der Waals surface area contributed by atoms with Crippen LogP contribution in [0.4, 0.5) is 0 Å². The van der Waals surface area contributed by atoms with E-state index in [2.05, 4.69) is 19.1 Å². The maximum absolute atomic E-state index is 9.47. The van der Waals surface area contributed by atoms with E-state index < -0.39 is 0 Å². The van der Waals surface area contributed by atoms with E-state index in [9.17, 15) is 5.11 Å². The minimum absolute atomic E-state index is 0.392. The molecule has 2 saturated carbocycles. The molecule has 0 saturated heterocycles. The number of phenols is 1. The Bertz CT molecular complexity index is 475. The molecule has 0 bridgehead atoms. The predicted octanol–water partition coefficient (Wildman–Crippen LogP) is 7.44. The molecule has 0 radical (unpaired) electrons. The molecule has 140 valence electrons. The van der Waals surface area contributed by atoms with Gasteiger partial charge in [0.1, 0.15) is 5.75 Å². The lowest BCUT2D eigenvalue weighted by Gasteiger charge is -2.38. The molecular weight excluding hydrogens is 304 g/mol. The summed E-state index contributed by atoms with van der Waals surface area (Å²) in [7, 11) is 0. The van der Waals surface area contributed by atoms with Crippen molar-refractivity contribution in [1.29, 1.82) is 0 Å². The van der Waals surface area contributed by atoms with Crippen LogP contribution < -0.4 is 0 Å². The second kappa shape index (κ2) is 9.64. The van der Waals surface area contributed by atoms with Gasteiger partial charge < -0.3 is 5.11 Å². The third kappa shape index (κ3) is 5.50. The highest BCUT2D eigenvalue weighted by Gasteiger charge is 2.31. The zero-order chi connectivity index (χ0) is 17.5. The van der Waals surface area contributed by atoms with Crippen LogP contribution in [0.2, 0.25) is 0 Å². The van der Waals surface area contributed by atoms with Crippen LogP contribution in [0.3, 0.4) is 0 Å². The summed E-state index contributed by atoms with van der Waals surface area (Å²) in [6.07, 6.45) is 18.8. The van der Waals surface area contributed by atoms with E-state index in [1.807, 2.05) is 12.1 Å². The minimum atomic E-state index is 0.392. The maximum atomic E-state index is 9.47. The Morgan fingerprint density at radius 3 is 1.96 bits per heavy atom. The molecule has 2 aliphatic carbocycles. The number of rotatable bonds is 7. The van der Waals surface area contributed by atoms with Crippen LogP contribution in [0.25, 0.3) is 0 Å². The van der Waals surface area contributed by atoms with Gasteiger partial charge in [0.15, 0.2) is 0 Å². The lowest BCUT2D eigenvalue weighted by atomic mass is 9.68. The zero-order valence-corrected chi connectivity index (χ0v) is 16.3. The maximum Gasteiger partial charge on any atom is 0.115 e. The summed E-state index contributed by atoms with van der Waals surface area (Å²) in [5.41, 5.74) is 1.44. The average molecular weight is 343 g/mol. The van der Waals surface area contributed by atoms with Gasteiger partial charge >= 0.3 is 0 Å². The van der Waals surface area contributed by atoms with Gasteiger partial charge in [-0.1, -0.05) is 64.0 Å². The van der Waals surface area contributed by atoms with Crippen LogP contribution in [-0.2, 0) is 0 Å². The van der Waals surface area contributed by atoms with Crippen LogP contribution >= 0.6 is 0 Å². The summed E-state index contributed by atoms with van der Waals surface area (Å²) in [6, 6.07) is 7.96. The van der Waals surface area contributed by atoms with Crippen molar-refractivity contribution in [2.24, 2.45) is 17.8 Å². The number of hydrogen-bond donors (Lipinski definition) is 1. The van der Waals surface area contributed by atoms with Gasteiger partial charge in [0.2, 0.25) is 0 Å². The largest absolute Gasteiger partial charge is 0.508 e. The van der Waals surface area contributed by atoms with E-state index in [4.69, 9.17) is 0 Å². The fourth-order valence-corrected chi connectivity index (χ4v) is 5.48. The molecule has 1 aromatic rings. The molecule has 0 aromatic heterocycles. The van der Waals surface area contributed by atoms with Crippen molar-refractivity contribution in [1.82, 2.24) is 0 Å². The van der Waals surface area contributed by atoms with Crippen LogP contribution in [-0.4, -0.2) is 5.11 Å². The van der Waals surface area contributed by atoms with E-state index in [0.717, 1.165) is 23.7 Å². The van der Waals surface area contributed by atoms with Crippen molar-refractivity contribution in [3.05, 3.63) is 29.8 Å². The summed E-state index contributed by atoms with van der Waals surface area (Å²) in [4.78, 5) is 0. The van der Waals surface area contributed by atoms with Crippen LogP contribution in [0.15, 0.2) is 24.3 Å². The summed E-state index contributed by atoms with van der Waals surface area (Å²) < 4.78 is 0. The molecular formula is C24H38O. The molecule has 1 aromatic carbocycles. The van der Waals surface area contributed by atoms with Crippen LogP contribution in [0.5, 0.6) is 5.75 Å². The molecule has 25 heavy (non-hydrogen) atoms. The fourth-order valence-electron chi connectivity index (χ4n) is 5.48.